The molecule has 0 unspecified atom stereocenters. The zero-order chi connectivity index (χ0) is 18.8. The monoisotopic (exact) mass is 365 g/mol. The topological polar surface area (TPSA) is 82.4 Å². The van der Waals surface area contributed by atoms with Gasteiger partial charge in [0, 0.05) is 42.7 Å². The first kappa shape index (κ1) is 17.0. The van der Waals surface area contributed by atoms with Crippen molar-refractivity contribution in [1.82, 2.24) is 24.6 Å². The predicted molar refractivity (Wildman–Crippen MR) is 97.7 cm³/mol. The molecule has 2 aromatic heterocycles. The lowest BCUT2D eigenvalue weighted by atomic mass is 10.1. The normalized spacial score (nSPS) is 13.9. The van der Waals surface area contributed by atoms with Gasteiger partial charge in [0.15, 0.2) is 5.82 Å². The molecule has 8 nitrogen and oxygen atoms in total. The lowest BCUT2D eigenvalue weighted by Crippen LogP contribution is -2.50. The smallest absolute Gasteiger partial charge is 0.254 e. The van der Waals surface area contributed by atoms with Crippen molar-refractivity contribution in [3.63, 3.8) is 0 Å². The third-order valence-corrected chi connectivity index (χ3v) is 4.63. The van der Waals surface area contributed by atoms with Crippen LogP contribution in [0.3, 0.4) is 0 Å². The number of amides is 1. The molecule has 8 heteroatoms. The number of ether oxygens (including phenoxy) is 2. The Morgan fingerprint density at radius 3 is 2.52 bits per heavy atom. The molecule has 138 valence electrons. The van der Waals surface area contributed by atoms with Gasteiger partial charge in [-0.25, -0.2) is 0 Å². The van der Waals surface area contributed by atoms with E-state index in [4.69, 9.17) is 9.47 Å². The maximum atomic E-state index is 12.8. The molecule has 0 aliphatic carbocycles. The highest BCUT2D eigenvalue weighted by atomic mass is 16.5. The Hall–Kier alpha value is -3.42. The molecule has 1 fully saturated rings. The molecule has 1 aromatic carbocycles. The lowest BCUT2D eigenvalue weighted by Gasteiger charge is -2.40. The fourth-order valence-electron chi connectivity index (χ4n) is 3.12. The fourth-order valence-corrected chi connectivity index (χ4v) is 3.12. The first-order valence-electron chi connectivity index (χ1n) is 8.52. The molecule has 0 saturated carbocycles. The van der Waals surface area contributed by atoms with Gasteiger partial charge in [-0.05, 0) is 24.3 Å². The molecule has 1 saturated heterocycles. The molecule has 0 N–H and O–H groups in total. The van der Waals surface area contributed by atoms with Crippen molar-refractivity contribution in [3.05, 3.63) is 54.6 Å². The third kappa shape index (κ3) is 3.21. The Morgan fingerprint density at radius 1 is 1.15 bits per heavy atom. The van der Waals surface area contributed by atoms with Crippen molar-refractivity contribution in [2.24, 2.45) is 0 Å². The molecular weight excluding hydrogens is 346 g/mol. The van der Waals surface area contributed by atoms with Crippen LogP contribution in [-0.4, -0.2) is 57.9 Å². The van der Waals surface area contributed by atoms with Crippen LogP contribution in [0, 0.1) is 0 Å². The number of hydrogen-bond acceptors (Lipinski definition) is 6. The number of carbonyl (C=O) groups is 1. The molecule has 0 spiro atoms. The van der Waals surface area contributed by atoms with Gasteiger partial charge in [0.05, 0.1) is 20.3 Å². The molecule has 3 heterocycles. The Morgan fingerprint density at radius 2 is 1.89 bits per heavy atom. The standard InChI is InChI=1S/C19H19N5O3/c1-26-16-6-14(7-17(8-16)27-2)19(25)23-10-15(11-23)24-12-21-22-18(24)13-4-3-5-20-9-13/h3-9,12,15H,10-11H2,1-2H3. The fraction of sp³-hybridized carbons (Fsp3) is 0.263. The van der Waals surface area contributed by atoms with E-state index in [9.17, 15) is 4.79 Å². The number of aromatic nitrogens is 4. The Labute approximate surface area is 156 Å². The number of benzene rings is 1. The van der Waals surface area contributed by atoms with Crippen molar-refractivity contribution in [1.29, 1.82) is 0 Å². The molecule has 0 bridgehead atoms. The molecule has 1 amide bonds. The summed E-state index contributed by atoms with van der Waals surface area (Å²) in [7, 11) is 3.13. The van der Waals surface area contributed by atoms with Crippen LogP contribution in [0.4, 0.5) is 0 Å². The van der Waals surface area contributed by atoms with E-state index in [-0.39, 0.29) is 11.9 Å². The average molecular weight is 365 g/mol. The van der Waals surface area contributed by atoms with Crippen LogP contribution in [0.2, 0.25) is 0 Å². The number of pyridine rings is 1. The van der Waals surface area contributed by atoms with Crippen LogP contribution in [0.25, 0.3) is 11.4 Å². The number of hydrogen-bond donors (Lipinski definition) is 0. The molecule has 3 aromatic rings. The van der Waals surface area contributed by atoms with Crippen molar-refractivity contribution in [2.45, 2.75) is 6.04 Å². The summed E-state index contributed by atoms with van der Waals surface area (Å²) in [5, 5.41) is 8.22. The lowest BCUT2D eigenvalue weighted by molar-refractivity contribution is 0.0521. The Bertz CT molecular complexity index is 929. The van der Waals surface area contributed by atoms with Crippen LogP contribution < -0.4 is 9.47 Å². The largest absolute Gasteiger partial charge is 0.497 e. The maximum Gasteiger partial charge on any atom is 0.254 e. The van der Waals surface area contributed by atoms with Gasteiger partial charge in [-0.15, -0.1) is 10.2 Å². The summed E-state index contributed by atoms with van der Waals surface area (Å²) in [6.45, 7) is 1.17. The minimum absolute atomic E-state index is 0.0561. The molecule has 1 aliphatic rings. The summed E-state index contributed by atoms with van der Waals surface area (Å²) in [5.41, 5.74) is 1.44. The van der Waals surface area contributed by atoms with Gasteiger partial charge in [0.25, 0.3) is 5.91 Å². The summed E-state index contributed by atoms with van der Waals surface area (Å²) < 4.78 is 12.5. The first-order chi connectivity index (χ1) is 13.2. The van der Waals surface area contributed by atoms with Gasteiger partial charge in [-0.2, -0.15) is 0 Å². The quantitative estimate of drug-likeness (QED) is 0.688. The van der Waals surface area contributed by atoms with Gasteiger partial charge in [0.2, 0.25) is 0 Å². The average Bonchev–Trinajstić information content (AvgIpc) is 3.16. The van der Waals surface area contributed by atoms with Gasteiger partial charge in [-0.3, -0.25) is 9.78 Å². The van der Waals surface area contributed by atoms with E-state index < -0.39 is 0 Å². The highest BCUT2D eigenvalue weighted by Crippen LogP contribution is 2.29. The van der Waals surface area contributed by atoms with Crippen molar-refractivity contribution in [3.8, 4) is 22.9 Å². The summed E-state index contributed by atoms with van der Waals surface area (Å²) >= 11 is 0. The van der Waals surface area contributed by atoms with E-state index in [2.05, 4.69) is 15.2 Å². The molecule has 0 atom stereocenters. The number of carbonyl (C=O) groups excluding carboxylic acids is 1. The summed E-state index contributed by atoms with van der Waals surface area (Å²) in [6, 6.07) is 9.12. The minimum atomic E-state index is -0.0561. The highest BCUT2D eigenvalue weighted by molar-refractivity contribution is 5.95. The number of methoxy groups -OCH3 is 2. The summed E-state index contributed by atoms with van der Waals surface area (Å²) in [4.78, 5) is 18.7. The van der Waals surface area contributed by atoms with Crippen molar-refractivity contribution in [2.75, 3.05) is 27.3 Å². The molecule has 4 rings (SSSR count). The van der Waals surface area contributed by atoms with Gasteiger partial charge >= 0.3 is 0 Å². The second-order valence-corrected chi connectivity index (χ2v) is 6.27. The minimum Gasteiger partial charge on any atom is -0.497 e. The van der Waals surface area contributed by atoms with Crippen LogP contribution in [-0.2, 0) is 0 Å². The predicted octanol–water partition coefficient (Wildman–Crippen LogP) is 2.05. The SMILES string of the molecule is COc1cc(OC)cc(C(=O)N2CC(n3cnnc3-c3cccnc3)C2)c1. The number of likely N-dealkylation sites (tertiary alicyclic amines) is 1. The highest BCUT2D eigenvalue weighted by Gasteiger charge is 2.34. The van der Waals surface area contributed by atoms with E-state index in [1.807, 2.05) is 16.7 Å². The van der Waals surface area contributed by atoms with Gasteiger partial charge in [-0.1, -0.05) is 0 Å². The summed E-state index contributed by atoms with van der Waals surface area (Å²) in [5.74, 6) is 1.88. The number of rotatable bonds is 5. The van der Waals surface area contributed by atoms with Crippen molar-refractivity contribution >= 4 is 5.91 Å². The van der Waals surface area contributed by atoms with E-state index in [1.54, 1.807) is 56.0 Å². The Balaban J connectivity index is 1.49. The summed E-state index contributed by atoms with van der Waals surface area (Å²) in [6.07, 6.45) is 5.17. The van der Waals surface area contributed by atoms with Crippen LogP contribution in [0.15, 0.2) is 49.1 Å². The molecular formula is C19H19N5O3. The van der Waals surface area contributed by atoms with Crippen LogP contribution >= 0.6 is 0 Å². The molecule has 0 radical (unpaired) electrons. The zero-order valence-electron chi connectivity index (χ0n) is 15.1. The van der Waals surface area contributed by atoms with E-state index in [0.717, 1.165) is 11.4 Å². The van der Waals surface area contributed by atoms with E-state index in [0.29, 0.717) is 30.2 Å². The van der Waals surface area contributed by atoms with Crippen LogP contribution in [0.5, 0.6) is 11.5 Å². The molecule has 27 heavy (non-hydrogen) atoms. The second-order valence-electron chi connectivity index (χ2n) is 6.27. The van der Waals surface area contributed by atoms with Crippen LogP contribution in [0.1, 0.15) is 16.4 Å². The van der Waals surface area contributed by atoms with E-state index >= 15 is 0 Å². The van der Waals surface area contributed by atoms with E-state index in [1.165, 1.54) is 0 Å². The molecule has 1 aliphatic heterocycles. The van der Waals surface area contributed by atoms with Gasteiger partial charge < -0.3 is 18.9 Å². The number of nitrogens with zero attached hydrogens (tertiary/aromatic N) is 5. The maximum absolute atomic E-state index is 12.8. The van der Waals surface area contributed by atoms with Crippen molar-refractivity contribution < 1.29 is 14.3 Å². The Kier molecular flexibility index (Phi) is 4.45. The van der Waals surface area contributed by atoms with Gasteiger partial charge in [0.1, 0.15) is 17.8 Å². The zero-order valence-corrected chi connectivity index (χ0v) is 15.1. The second kappa shape index (κ2) is 7.06. The third-order valence-electron chi connectivity index (χ3n) is 4.63. The first-order valence-corrected chi connectivity index (χ1v) is 8.52.